The number of pyridine rings is 1. The number of aryl methyl sites for hydroxylation is 1. The van der Waals surface area contributed by atoms with Crippen molar-refractivity contribution in [2.24, 2.45) is 0 Å². The van der Waals surface area contributed by atoms with E-state index in [0.717, 1.165) is 16.7 Å². The van der Waals surface area contributed by atoms with Crippen LogP contribution >= 0.6 is 34.7 Å². The number of Topliss-reactive ketones (excluding diaryl/α,β-unsaturated/α-hetero) is 1. The van der Waals surface area contributed by atoms with Crippen LogP contribution in [0.15, 0.2) is 107 Å². The van der Waals surface area contributed by atoms with E-state index in [1.807, 2.05) is 49.4 Å². The van der Waals surface area contributed by atoms with Gasteiger partial charge in [0, 0.05) is 28.7 Å². The van der Waals surface area contributed by atoms with Crippen molar-refractivity contribution in [1.82, 2.24) is 15.2 Å². The number of halogens is 1. The minimum atomic E-state index is -0.926. The predicted molar refractivity (Wildman–Crippen MR) is 172 cm³/mol. The fraction of sp³-hybridized carbons (Fsp3) is 0.121. The van der Waals surface area contributed by atoms with Gasteiger partial charge in [0.25, 0.3) is 5.78 Å². The van der Waals surface area contributed by atoms with Crippen LogP contribution in [0, 0.1) is 6.92 Å². The Hall–Kier alpha value is -4.51. The first-order chi connectivity index (χ1) is 21.4. The molecule has 220 valence electrons. The number of hydrogen-bond donors (Lipinski definition) is 1. The number of ether oxygens (including phenoxy) is 1. The molecule has 3 heterocycles. The molecule has 0 aliphatic carbocycles. The largest absolute Gasteiger partial charge is 0.507 e. The van der Waals surface area contributed by atoms with Crippen molar-refractivity contribution in [2.75, 3.05) is 4.90 Å². The Morgan fingerprint density at radius 3 is 2.52 bits per heavy atom. The average Bonchev–Trinajstić information content (AvgIpc) is 3.61. The van der Waals surface area contributed by atoms with Crippen molar-refractivity contribution in [1.29, 1.82) is 0 Å². The average molecular weight is 641 g/mol. The molecule has 44 heavy (non-hydrogen) atoms. The molecule has 0 saturated carbocycles. The van der Waals surface area contributed by atoms with Crippen LogP contribution in [0.4, 0.5) is 5.13 Å². The van der Waals surface area contributed by atoms with Gasteiger partial charge in [0.05, 0.1) is 11.6 Å². The van der Waals surface area contributed by atoms with E-state index in [4.69, 9.17) is 16.3 Å². The molecule has 0 radical (unpaired) electrons. The minimum Gasteiger partial charge on any atom is -0.507 e. The Kier molecular flexibility index (Phi) is 8.74. The maximum absolute atomic E-state index is 13.5. The van der Waals surface area contributed by atoms with Crippen LogP contribution in [0.25, 0.3) is 5.76 Å². The summed E-state index contributed by atoms with van der Waals surface area (Å²) in [6, 6.07) is 24.8. The third-order valence-electron chi connectivity index (χ3n) is 6.99. The Balaban J connectivity index is 1.28. The Bertz CT molecular complexity index is 1860. The molecule has 1 aliphatic rings. The monoisotopic (exact) mass is 640 g/mol. The molecule has 1 atom stereocenters. The minimum absolute atomic E-state index is 0.0462. The van der Waals surface area contributed by atoms with Crippen LogP contribution in [0.5, 0.6) is 5.75 Å². The molecular weight excluding hydrogens is 616 g/mol. The molecule has 6 rings (SSSR count). The van der Waals surface area contributed by atoms with Gasteiger partial charge < -0.3 is 9.84 Å². The molecular formula is C33H25ClN4O4S2. The highest BCUT2D eigenvalue weighted by Crippen LogP contribution is 2.44. The molecule has 1 unspecified atom stereocenters. The summed E-state index contributed by atoms with van der Waals surface area (Å²) in [4.78, 5) is 32.3. The quantitative estimate of drug-likeness (QED) is 0.0584. The normalized spacial score (nSPS) is 16.0. The number of aromatic nitrogens is 3. The van der Waals surface area contributed by atoms with Crippen LogP contribution < -0.4 is 9.64 Å². The van der Waals surface area contributed by atoms with E-state index in [1.165, 1.54) is 28.0 Å². The number of thioether (sulfide) groups is 1. The molecule has 1 saturated heterocycles. The van der Waals surface area contributed by atoms with E-state index >= 15 is 0 Å². The smallest absolute Gasteiger partial charge is 0.301 e. The fourth-order valence-corrected chi connectivity index (χ4v) is 6.99. The van der Waals surface area contributed by atoms with Gasteiger partial charge in [-0.25, -0.2) is 0 Å². The van der Waals surface area contributed by atoms with Crippen molar-refractivity contribution < 1.29 is 19.4 Å². The predicted octanol–water partition coefficient (Wildman–Crippen LogP) is 7.39. The summed E-state index contributed by atoms with van der Waals surface area (Å²) in [6.45, 7) is 2.41. The lowest BCUT2D eigenvalue weighted by Gasteiger charge is -2.22. The second kappa shape index (κ2) is 13.0. The second-order valence-corrected chi connectivity index (χ2v) is 12.6. The summed E-state index contributed by atoms with van der Waals surface area (Å²) in [5.74, 6) is -0.749. The summed E-state index contributed by atoms with van der Waals surface area (Å²) < 4.78 is 6.52. The maximum atomic E-state index is 13.5. The van der Waals surface area contributed by atoms with Gasteiger partial charge in [-0.05, 0) is 66.1 Å². The number of amides is 1. The molecule has 3 aromatic carbocycles. The van der Waals surface area contributed by atoms with E-state index in [2.05, 4.69) is 21.2 Å². The number of carbonyl (C=O) groups is 2. The summed E-state index contributed by atoms with van der Waals surface area (Å²) in [6.07, 6.45) is 3.14. The van der Waals surface area contributed by atoms with E-state index in [9.17, 15) is 14.7 Å². The molecule has 0 spiro atoms. The summed E-state index contributed by atoms with van der Waals surface area (Å²) in [5, 5.41) is 20.9. The van der Waals surface area contributed by atoms with Gasteiger partial charge in [-0.15, -0.1) is 10.2 Å². The van der Waals surface area contributed by atoms with Gasteiger partial charge in [-0.2, -0.15) is 0 Å². The Morgan fingerprint density at radius 1 is 1.00 bits per heavy atom. The molecule has 11 heteroatoms. The number of rotatable bonds is 9. The maximum Gasteiger partial charge on any atom is 0.301 e. The first-order valence-corrected chi connectivity index (χ1v) is 15.8. The number of hydrogen-bond acceptors (Lipinski definition) is 9. The van der Waals surface area contributed by atoms with Crippen LogP contribution in [0.1, 0.15) is 33.9 Å². The van der Waals surface area contributed by atoms with Crippen molar-refractivity contribution in [3.05, 3.63) is 136 Å². The molecule has 1 N–H and O–H groups in total. The van der Waals surface area contributed by atoms with Crippen molar-refractivity contribution in [2.45, 2.75) is 29.7 Å². The van der Waals surface area contributed by atoms with Gasteiger partial charge in [0.1, 0.15) is 18.1 Å². The third kappa shape index (κ3) is 6.23. The van der Waals surface area contributed by atoms with Crippen molar-refractivity contribution >= 4 is 57.3 Å². The number of ketones is 1. The Labute approximate surface area is 267 Å². The molecule has 2 aromatic heterocycles. The lowest BCUT2D eigenvalue weighted by atomic mass is 9.96. The van der Waals surface area contributed by atoms with Crippen molar-refractivity contribution in [3.63, 3.8) is 0 Å². The van der Waals surface area contributed by atoms with E-state index in [0.29, 0.717) is 38.6 Å². The number of aliphatic hydroxyl groups is 1. The highest BCUT2D eigenvalue weighted by Gasteiger charge is 2.48. The van der Waals surface area contributed by atoms with E-state index in [-0.39, 0.29) is 16.5 Å². The Morgan fingerprint density at radius 2 is 1.77 bits per heavy atom. The van der Waals surface area contributed by atoms with Gasteiger partial charge >= 0.3 is 5.91 Å². The van der Waals surface area contributed by atoms with Crippen LogP contribution in [-0.2, 0) is 21.9 Å². The van der Waals surface area contributed by atoms with Gasteiger partial charge in [0.15, 0.2) is 4.34 Å². The second-order valence-electron chi connectivity index (χ2n) is 9.98. The highest BCUT2D eigenvalue weighted by molar-refractivity contribution is 8.00. The van der Waals surface area contributed by atoms with Gasteiger partial charge in [-0.1, -0.05) is 82.7 Å². The molecule has 0 bridgehead atoms. The standard InChI is InChI=1S/C33H25ClN4O4S2/c1-20-5-4-6-21(17-20)18-42-25-11-9-23(10-12-25)29(39)27-28(22-13-15-35-16-14-22)38(31(41)30(27)40)32-36-37-33(44-32)43-19-24-7-2-3-8-26(24)34/h2-17,28,39H,18-19H2,1H3. The van der Waals surface area contributed by atoms with E-state index < -0.39 is 17.7 Å². The first kappa shape index (κ1) is 29.6. The zero-order chi connectivity index (χ0) is 30.6. The number of aliphatic hydroxyl groups excluding tert-OH is 1. The topological polar surface area (TPSA) is 106 Å². The molecule has 5 aromatic rings. The van der Waals surface area contributed by atoms with Crippen LogP contribution in [-0.4, -0.2) is 32.0 Å². The number of nitrogens with zero attached hydrogens (tertiary/aromatic N) is 4. The number of carbonyl (C=O) groups excluding carboxylic acids is 2. The van der Waals surface area contributed by atoms with Crippen LogP contribution in [0.3, 0.4) is 0 Å². The first-order valence-electron chi connectivity index (χ1n) is 13.6. The summed E-state index contributed by atoms with van der Waals surface area (Å²) in [5.41, 5.74) is 4.05. The van der Waals surface area contributed by atoms with E-state index in [1.54, 1.807) is 48.8 Å². The zero-order valence-corrected chi connectivity index (χ0v) is 25.8. The molecule has 1 aliphatic heterocycles. The molecule has 1 amide bonds. The summed E-state index contributed by atoms with van der Waals surface area (Å²) >= 11 is 8.91. The highest BCUT2D eigenvalue weighted by atomic mass is 35.5. The molecule has 1 fully saturated rings. The zero-order valence-electron chi connectivity index (χ0n) is 23.4. The lowest BCUT2D eigenvalue weighted by molar-refractivity contribution is -0.132. The van der Waals surface area contributed by atoms with Gasteiger partial charge in [0.2, 0.25) is 5.13 Å². The SMILES string of the molecule is Cc1cccc(COc2ccc(C(O)=C3C(=O)C(=O)N(c4nnc(SCc5ccccc5Cl)s4)C3c3ccncc3)cc2)c1. The lowest BCUT2D eigenvalue weighted by Crippen LogP contribution is -2.29. The van der Waals surface area contributed by atoms with Crippen LogP contribution in [0.2, 0.25) is 5.02 Å². The third-order valence-corrected chi connectivity index (χ3v) is 9.47. The van der Waals surface area contributed by atoms with Gasteiger partial charge in [-0.3, -0.25) is 19.5 Å². The fourth-order valence-electron chi connectivity index (χ4n) is 4.84. The number of benzene rings is 3. The summed E-state index contributed by atoms with van der Waals surface area (Å²) in [7, 11) is 0. The van der Waals surface area contributed by atoms with Crippen molar-refractivity contribution in [3.8, 4) is 5.75 Å². The molecule has 8 nitrogen and oxygen atoms in total. The number of anilines is 1.